The van der Waals surface area contributed by atoms with E-state index in [2.05, 4.69) is 46.1 Å². The summed E-state index contributed by atoms with van der Waals surface area (Å²) in [5.74, 6) is 1.95. The molecule has 4 heteroatoms. The molecule has 1 saturated heterocycles. The van der Waals surface area contributed by atoms with Crippen LogP contribution in [0.4, 0.5) is 5.82 Å². The summed E-state index contributed by atoms with van der Waals surface area (Å²) in [6, 6.07) is 12.3. The lowest BCUT2D eigenvalue weighted by Crippen LogP contribution is -2.25. The number of hydrogen-bond acceptors (Lipinski definition) is 4. The molecular formula is C19H19N3O. The van der Waals surface area contributed by atoms with Crippen LogP contribution in [0.25, 0.3) is 10.8 Å². The van der Waals surface area contributed by atoms with Gasteiger partial charge in [0.15, 0.2) is 0 Å². The van der Waals surface area contributed by atoms with Crippen molar-refractivity contribution in [2.24, 2.45) is 0 Å². The summed E-state index contributed by atoms with van der Waals surface area (Å²) in [7, 11) is 0. The van der Waals surface area contributed by atoms with Crippen LogP contribution in [0.1, 0.15) is 12.0 Å². The Kier molecular flexibility index (Phi) is 3.58. The molecule has 3 heterocycles. The van der Waals surface area contributed by atoms with Crippen molar-refractivity contribution in [3.05, 3.63) is 60.6 Å². The number of fused-ring (bicyclic) bond motifs is 1. The van der Waals surface area contributed by atoms with E-state index in [0.29, 0.717) is 0 Å². The van der Waals surface area contributed by atoms with E-state index in [-0.39, 0.29) is 6.10 Å². The fourth-order valence-corrected chi connectivity index (χ4v) is 3.23. The summed E-state index contributed by atoms with van der Waals surface area (Å²) >= 11 is 0. The number of aromatic nitrogens is 2. The van der Waals surface area contributed by atoms with Crippen LogP contribution in [-0.4, -0.2) is 29.2 Å². The molecule has 1 aliphatic rings. The van der Waals surface area contributed by atoms with Gasteiger partial charge in [-0.3, -0.25) is 4.98 Å². The quantitative estimate of drug-likeness (QED) is 0.741. The zero-order valence-corrected chi connectivity index (χ0v) is 13.1. The van der Waals surface area contributed by atoms with Gasteiger partial charge in [0.25, 0.3) is 0 Å². The van der Waals surface area contributed by atoms with Gasteiger partial charge in [0.1, 0.15) is 17.7 Å². The number of nitrogens with zero attached hydrogens (tertiary/aromatic N) is 3. The first-order valence-corrected chi connectivity index (χ1v) is 7.97. The Morgan fingerprint density at radius 3 is 2.78 bits per heavy atom. The van der Waals surface area contributed by atoms with Gasteiger partial charge in [0, 0.05) is 36.9 Å². The summed E-state index contributed by atoms with van der Waals surface area (Å²) in [5.41, 5.74) is 1.29. The van der Waals surface area contributed by atoms with Gasteiger partial charge in [0.05, 0.1) is 6.54 Å². The first-order valence-electron chi connectivity index (χ1n) is 7.97. The van der Waals surface area contributed by atoms with Gasteiger partial charge in [-0.05, 0) is 36.1 Å². The SMILES string of the molecule is Cc1cccc2c(N3CC[C@@H](Oc4ccncc4)C3)nccc12. The fraction of sp³-hybridized carbons (Fsp3) is 0.263. The molecule has 0 radical (unpaired) electrons. The maximum absolute atomic E-state index is 6.05. The van der Waals surface area contributed by atoms with Crippen LogP contribution in [0, 0.1) is 6.92 Å². The molecule has 2 aromatic heterocycles. The van der Waals surface area contributed by atoms with Gasteiger partial charge in [-0.1, -0.05) is 18.2 Å². The van der Waals surface area contributed by atoms with Crippen molar-refractivity contribution in [2.45, 2.75) is 19.4 Å². The van der Waals surface area contributed by atoms with Crippen LogP contribution < -0.4 is 9.64 Å². The molecule has 0 aliphatic carbocycles. The second-order valence-corrected chi connectivity index (χ2v) is 5.96. The number of hydrogen-bond donors (Lipinski definition) is 0. The van der Waals surface area contributed by atoms with Crippen LogP contribution in [0.3, 0.4) is 0 Å². The van der Waals surface area contributed by atoms with Crippen LogP contribution in [0.5, 0.6) is 5.75 Å². The van der Waals surface area contributed by atoms with Crippen molar-refractivity contribution < 1.29 is 4.74 Å². The lowest BCUT2D eigenvalue weighted by atomic mass is 10.1. The third kappa shape index (κ3) is 2.72. The van der Waals surface area contributed by atoms with Gasteiger partial charge in [-0.2, -0.15) is 0 Å². The molecule has 0 bridgehead atoms. The van der Waals surface area contributed by atoms with Crippen molar-refractivity contribution in [3.63, 3.8) is 0 Å². The predicted octanol–water partition coefficient (Wildman–Crippen LogP) is 3.60. The van der Waals surface area contributed by atoms with Crippen LogP contribution in [0.2, 0.25) is 0 Å². The highest BCUT2D eigenvalue weighted by Gasteiger charge is 2.26. The monoisotopic (exact) mass is 305 g/mol. The lowest BCUT2D eigenvalue weighted by Gasteiger charge is -2.20. The number of pyridine rings is 2. The highest BCUT2D eigenvalue weighted by molar-refractivity contribution is 5.94. The summed E-state index contributed by atoms with van der Waals surface area (Å²) in [6.07, 6.45) is 6.63. The van der Waals surface area contributed by atoms with E-state index < -0.39 is 0 Å². The minimum absolute atomic E-state index is 0.194. The van der Waals surface area contributed by atoms with E-state index in [1.54, 1.807) is 12.4 Å². The Morgan fingerprint density at radius 1 is 1.04 bits per heavy atom. The van der Waals surface area contributed by atoms with Crippen LogP contribution >= 0.6 is 0 Å². The van der Waals surface area contributed by atoms with E-state index in [4.69, 9.17) is 4.74 Å². The Bertz CT molecular complexity index is 819. The van der Waals surface area contributed by atoms with Crippen LogP contribution in [0.15, 0.2) is 55.0 Å². The molecule has 1 fully saturated rings. The molecule has 0 amide bonds. The molecule has 116 valence electrons. The minimum Gasteiger partial charge on any atom is -0.488 e. The molecule has 1 atom stereocenters. The molecule has 4 nitrogen and oxygen atoms in total. The average molecular weight is 305 g/mol. The van der Waals surface area contributed by atoms with Crippen molar-refractivity contribution >= 4 is 16.6 Å². The van der Waals surface area contributed by atoms with E-state index in [1.165, 1.54) is 16.3 Å². The predicted molar refractivity (Wildman–Crippen MR) is 92.0 cm³/mol. The van der Waals surface area contributed by atoms with Crippen molar-refractivity contribution in [3.8, 4) is 5.75 Å². The Morgan fingerprint density at radius 2 is 1.91 bits per heavy atom. The third-order valence-corrected chi connectivity index (χ3v) is 4.40. The number of ether oxygens (including phenoxy) is 1. The van der Waals surface area contributed by atoms with Crippen molar-refractivity contribution in [2.75, 3.05) is 18.0 Å². The second kappa shape index (κ2) is 5.88. The van der Waals surface area contributed by atoms with Gasteiger partial charge >= 0.3 is 0 Å². The standard InChI is InChI=1S/C19H19N3O/c1-14-3-2-4-18-17(14)7-11-21-19(18)22-12-8-16(13-22)23-15-5-9-20-10-6-15/h2-7,9-11,16H,8,12-13H2,1H3/t16-/m1/s1. The maximum atomic E-state index is 6.05. The van der Waals surface area contributed by atoms with Gasteiger partial charge in [0.2, 0.25) is 0 Å². The minimum atomic E-state index is 0.194. The number of aryl methyl sites for hydroxylation is 1. The number of anilines is 1. The highest BCUT2D eigenvalue weighted by Crippen LogP contribution is 2.29. The Balaban J connectivity index is 1.57. The zero-order valence-electron chi connectivity index (χ0n) is 13.1. The smallest absolute Gasteiger partial charge is 0.136 e. The molecule has 23 heavy (non-hydrogen) atoms. The summed E-state index contributed by atoms with van der Waals surface area (Å²) in [4.78, 5) is 11.0. The van der Waals surface area contributed by atoms with E-state index in [1.807, 2.05) is 18.3 Å². The molecular weight excluding hydrogens is 286 g/mol. The normalized spacial score (nSPS) is 17.6. The van der Waals surface area contributed by atoms with Crippen LogP contribution in [-0.2, 0) is 0 Å². The lowest BCUT2D eigenvalue weighted by molar-refractivity contribution is 0.224. The Hall–Kier alpha value is -2.62. The molecule has 3 aromatic rings. The third-order valence-electron chi connectivity index (χ3n) is 4.40. The van der Waals surface area contributed by atoms with Gasteiger partial charge in [-0.15, -0.1) is 0 Å². The van der Waals surface area contributed by atoms with Gasteiger partial charge < -0.3 is 9.64 Å². The molecule has 0 saturated carbocycles. The topological polar surface area (TPSA) is 38.2 Å². The highest BCUT2D eigenvalue weighted by atomic mass is 16.5. The molecule has 0 unspecified atom stereocenters. The summed E-state index contributed by atoms with van der Waals surface area (Å²) in [6.45, 7) is 3.98. The zero-order chi connectivity index (χ0) is 15.6. The first kappa shape index (κ1) is 14.0. The summed E-state index contributed by atoms with van der Waals surface area (Å²) < 4.78 is 6.05. The van der Waals surface area contributed by atoms with Crippen molar-refractivity contribution in [1.29, 1.82) is 0 Å². The molecule has 0 N–H and O–H groups in total. The average Bonchev–Trinajstić information content (AvgIpc) is 3.04. The molecule has 0 spiro atoms. The van der Waals surface area contributed by atoms with E-state index in [9.17, 15) is 0 Å². The fourth-order valence-electron chi connectivity index (χ4n) is 3.23. The largest absolute Gasteiger partial charge is 0.488 e. The van der Waals surface area contributed by atoms with E-state index in [0.717, 1.165) is 31.1 Å². The first-order chi connectivity index (χ1) is 11.3. The van der Waals surface area contributed by atoms with Gasteiger partial charge in [-0.25, -0.2) is 4.98 Å². The maximum Gasteiger partial charge on any atom is 0.136 e. The second-order valence-electron chi connectivity index (χ2n) is 5.96. The molecule has 4 rings (SSSR count). The molecule has 1 aromatic carbocycles. The molecule has 1 aliphatic heterocycles. The summed E-state index contributed by atoms with van der Waals surface area (Å²) in [5, 5.41) is 2.49. The Labute approximate surface area is 135 Å². The number of rotatable bonds is 3. The van der Waals surface area contributed by atoms with E-state index >= 15 is 0 Å². The number of benzene rings is 1. The van der Waals surface area contributed by atoms with Crippen molar-refractivity contribution in [1.82, 2.24) is 9.97 Å².